The summed E-state index contributed by atoms with van der Waals surface area (Å²) in [6.07, 6.45) is 75.8. The van der Waals surface area contributed by atoms with E-state index in [-0.39, 0.29) is 18.9 Å². The Morgan fingerprint density at radius 2 is 0.594 bits per heavy atom. The number of carbonyl (C=O) groups excluding carboxylic acids is 1. The Morgan fingerprint density at radius 1 is 0.362 bits per heavy atom. The molecule has 0 saturated carbocycles. The molecule has 0 aliphatic heterocycles. The Balaban J connectivity index is 3.48. The highest BCUT2D eigenvalue weighted by Crippen LogP contribution is 2.19. The quantitative estimate of drug-likeness (QED) is 0.0361. The molecule has 412 valence electrons. The first-order valence-electron chi connectivity index (χ1n) is 32.0. The van der Waals surface area contributed by atoms with Crippen molar-refractivity contribution in [1.29, 1.82) is 0 Å². The molecule has 0 saturated heterocycles. The van der Waals surface area contributed by atoms with Crippen molar-refractivity contribution in [3.05, 3.63) is 12.2 Å². The van der Waals surface area contributed by atoms with Gasteiger partial charge in [-0.05, 0) is 19.3 Å². The highest BCUT2D eigenvalue weighted by Gasteiger charge is 2.20. The second-order valence-electron chi connectivity index (χ2n) is 22.4. The maximum atomic E-state index is 12.6. The number of carbonyl (C=O) groups is 1. The van der Waals surface area contributed by atoms with Gasteiger partial charge in [-0.2, -0.15) is 0 Å². The predicted molar refractivity (Wildman–Crippen MR) is 305 cm³/mol. The third-order valence-electron chi connectivity index (χ3n) is 15.3. The van der Waals surface area contributed by atoms with Crippen LogP contribution in [0.5, 0.6) is 0 Å². The van der Waals surface area contributed by atoms with Crippen LogP contribution in [0.2, 0.25) is 0 Å². The fraction of sp³-hybridized carbons (Fsp3) is 0.953. The minimum absolute atomic E-state index is 0.0198. The SMILES string of the molecule is CCCCCCCCCCCCCCCCCCCCCCC/C=C/C(O)C(CO)NC(=O)CC(O)CCCCCCCCCCCCCCCCCCCCCCCCCCCCCCCCC. The summed E-state index contributed by atoms with van der Waals surface area (Å²) >= 11 is 0. The van der Waals surface area contributed by atoms with E-state index in [0.717, 1.165) is 25.7 Å². The van der Waals surface area contributed by atoms with E-state index in [9.17, 15) is 20.1 Å². The molecule has 0 fully saturated rings. The molecule has 0 radical (unpaired) electrons. The molecule has 0 aromatic rings. The number of hydrogen-bond acceptors (Lipinski definition) is 4. The molecule has 4 N–H and O–H groups in total. The molecule has 0 bridgehead atoms. The van der Waals surface area contributed by atoms with Gasteiger partial charge in [0.15, 0.2) is 0 Å². The molecule has 69 heavy (non-hydrogen) atoms. The Hall–Kier alpha value is -0.910. The number of allylic oxidation sites excluding steroid dienone is 1. The number of aliphatic hydroxyl groups is 3. The molecule has 0 aromatic heterocycles. The van der Waals surface area contributed by atoms with E-state index in [4.69, 9.17) is 0 Å². The summed E-state index contributed by atoms with van der Waals surface area (Å²) < 4.78 is 0. The lowest BCUT2D eigenvalue weighted by atomic mass is 10.0. The number of hydrogen-bond donors (Lipinski definition) is 4. The van der Waals surface area contributed by atoms with Crippen LogP contribution in [0.3, 0.4) is 0 Å². The van der Waals surface area contributed by atoms with Crippen molar-refractivity contribution in [2.75, 3.05) is 6.61 Å². The van der Waals surface area contributed by atoms with Crippen molar-refractivity contribution in [2.45, 2.75) is 385 Å². The van der Waals surface area contributed by atoms with E-state index < -0.39 is 18.2 Å². The molecule has 3 atom stereocenters. The average Bonchev–Trinajstić information content (AvgIpc) is 3.35. The van der Waals surface area contributed by atoms with E-state index in [1.807, 2.05) is 6.08 Å². The van der Waals surface area contributed by atoms with Gasteiger partial charge >= 0.3 is 0 Å². The van der Waals surface area contributed by atoms with Crippen LogP contribution in [0, 0.1) is 0 Å². The average molecular weight is 975 g/mol. The lowest BCUT2D eigenvalue weighted by molar-refractivity contribution is -0.124. The molecule has 0 aliphatic carbocycles. The van der Waals surface area contributed by atoms with Crippen LogP contribution < -0.4 is 5.32 Å². The third-order valence-corrected chi connectivity index (χ3v) is 15.3. The van der Waals surface area contributed by atoms with Crippen LogP contribution in [-0.4, -0.2) is 46.1 Å². The Labute approximate surface area is 433 Å². The number of unbranched alkanes of at least 4 members (excludes halogenated alkanes) is 51. The first-order chi connectivity index (χ1) is 34.0. The predicted octanol–water partition coefficient (Wildman–Crippen LogP) is 20.2. The van der Waals surface area contributed by atoms with Crippen molar-refractivity contribution >= 4 is 5.91 Å². The molecule has 0 spiro atoms. The third kappa shape index (κ3) is 56.2. The lowest BCUT2D eigenvalue weighted by Crippen LogP contribution is -2.45. The Bertz CT molecular complexity index is 987. The van der Waals surface area contributed by atoms with E-state index in [2.05, 4.69) is 19.2 Å². The van der Waals surface area contributed by atoms with Crippen LogP contribution in [0.15, 0.2) is 12.2 Å². The summed E-state index contributed by atoms with van der Waals surface area (Å²) in [5.41, 5.74) is 0. The van der Waals surface area contributed by atoms with Crippen molar-refractivity contribution in [3.63, 3.8) is 0 Å². The highest BCUT2D eigenvalue weighted by molar-refractivity contribution is 5.76. The van der Waals surface area contributed by atoms with Gasteiger partial charge in [-0.15, -0.1) is 0 Å². The molecule has 5 nitrogen and oxygen atoms in total. The van der Waals surface area contributed by atoms with Crippen molar-refractivity contribution in [2.24, 2.45) is 0 Å². The maximum absolute atomic E-state index is 12.6. The van der Waals surface area contributed by atoms with E-state index >= 15 is 0 Å². The molecule has 3 unspecified atom stereocenters. The largest absolute Gasteiger partial charge is 0.394 e. The molecular weight excluding hydrogens is 847 g/mol. The van der Waals surface area contributed by atoms with E-state index in [0.29, 0.717) is 6.42 Å². The minimum Gasteiger partial charge on any atom is -0.394 e. The van der Waals surface area contributed by atoms with Crippen molar-refractivity contribution < 1.29 is 20.1 Å². The number of rotatable bonds is 60. The molecule has 0 heterocycles. The maximum Gasteiger partial charge on any atom is 0.222 e. The van der Waals surface area contributed by atoms with Gasteiger partial charge in [0.05, 0.1) is 31.3 Å². The molecular formula is C64H127NO4. The van der Waals surface area contributed by atoms with Crippen molar-refractivity contribution in [1.82, 2.24) is 5.32 Å². The molecule has 0 aliphatic rings. The number of amides is 1. The van der Waals surface area contributed by atoms with Crippen LogP contribution in [0.1, 0.15) is 367 Å². The summed E-state index contributed by atoms with van der Waals surface area (Å²) in [6.45, 7) is 4.27. The van der Waals surface area contributed by atoms with Gasteiger partial charge in [0.1, 0.15) is 0 Å². The summed E-state index contributed by atoms with van der Waals surface area (Å²) in [5, 5.41) is 33.6. The summed E-state index contributed by atoms with van der Waals surface area (Å²) in [5.74, 6) is -0.306. The Kier molecular flexibility index (Phi) is 58.9. The lowest BCUT2D eigenvalue weighted by Gasteiger charge is -2.21. The minimum atomic E-state index is -0.927. The van der Waals surface area contributed by atoms with Gasteiger partial charge in [-0.3, -0.25) is 4.79 Å². The molecule has 5 heteroatoms. The van der Waals surface area contributed by atoms with Crippen LogP contribution >= 0.6 is 0 Å². The smallest absolute Gasteiger partial charge is 0.222 e. The summed E-state index contributed by atoms with van der Waals surface area (Å²) in [6, 6.07) is -0.742. The monoisotopic (exact) mass is 974 g/mol. The van der Waals surface area contributed by atoms with Crippen LogP contribution in [0.25, 0.3) is 0 Å². The number of nitrogens with one attached hydrogen (secondary N) is 1. The number of aliphatic hydroxyl groups excluding tert-OH is 3. The van der Waals surface area contributed by atoms with Gasteiger partial charge in [0.2, 0.25) is 5.91 Å². The molecule has 0 rings (SSSR count). The van der Waals surface area contributed by atoms with Crippen LogP contribution in [0.4, 0.5) is 0 Å². The second kappa shape index (κ2) is 59.7. The summed E-state index contributed by atoms with van der Waals surface area (Å²) in [7, 11) is 0. The summed E-state index contributed by atoms with van der Waals surface area (Å²) in [4.78, 5) is 12.6. The van der Waals surface area contributed by atoms with E-state index in [1.54, 1.807) is 6.08 Å². The Morgan fingerprint density at radius 3 is 0.841 bits per heavy atom. The first-order valence-corrected chi connectivity index (χ1v) is 32.0. The normalized spacial score (nSPS) is 13.2. The van der Waals surface area contributed by atoms with Crippen LogP contribution in [-0.2, 0) is 4.79 Å². The zero-order valence-electron chi connectivity index (χ0n) is 47.2. The molecule has 0 aromatic carbocycles. The zero-order chi connectivity index (χ0) is 50.0. The fourth-order valence-electron chi connectivity index (χ4n) is 10.5. The standard InChI is InChI=1S/C64H127NO4/c1-3-5-7-9-11-13-15-17-19-21-23-25-27-28-29-30-31-32-33-34-36-37-39-41-43-45-47-49-51-53-55-57-61(67)59-64(69)65-62(60-66)63(68)58-56-54-52-50-48-46-44-42-40-38-35-26-24-22-20-18-16-14-12-10-8-6-4-2/h56,58,61-63,66-68H,3-55,57,59-60H2,1-2H3,(H,65,69)/b58-56+. The second-order valence-corrected chi connectivity index (χ2v) is 22.4. The topological polar surface area (TPSA) is 89.8 Å². The van der Waals surface area contributed by atoms with Gasteiger partial charge in [0, 0.05) is 0 Å². The van der Waals surface area contributed by atoms with Gasteiger partial charge in [-0.25, -0.2) is 0 Å². The van der Waals surface area contributed by atoms with Gasteiger partial charge in [0.25, 0.3) is 0 Å². The van der Waals surface area contributed by atoms with E-state index in [1.165, 1.54) is 315 Å². The molecule has 1 amide bonds. The van der Waals surface area contributed by atoms with Gasteiger partial charge in [-0.1, -0.05) is 353 Å². The van der Waals surface area contributed by atoms with Crippen molar-refractivity contribution in [3.8, 4) is 0 Å². The first kappa shape index (κ1) is 68.1. The fourth-order valence-corrected chi connectivity index (χ4v) is 10.5. The van der Waals surface area contributed by atoms with Gasteiger partial charge < -0.3 is 20.6 Å². The zero-order valence-corrected chi connectivity index (χ0v) is 47.2. The highest BCUT2D eigenvalue weighted by atomic mass is 16.3.